The summed E-state index contributed by atoms with van der Waals surface area (Å²) < 4.78 is 31.9. The zero-order chi connectivity index (χ0) is 20.7. The molecule has 0 atom stereocenters. The standard InChI is InChI=1S/C21H22F2N2O3/c1-4-28-21(27)18(20(26)17-10-7-15(22)11-19(17)23)12-24-16-8-5-14(6-9-16)13-25(2)3/h5-12,24H,4,13H2,1-3H3. The predicted molar refractivity (Wildman–Crippen MR) is 103 cm³/mol. The van der Waals surface area contributed by atoms with Crippen LogP contribution in [0.4, 0.5) is 14.5 Å². The summed E-state index contributed by atoms with van der Waals surface area (Å²) in [6.45, 7) is 2.41. The third-order valence-electron chi connectivity index (χ3n) is 3.75. The van der Waals surface area contributed by atoms with Crippen molar-refractivity contribution in [3.63, 3.8) is 0 Å². The van der Waals surface area contributed by atoms with E-state index in [1.807, 2.05) is 31.1 Å². The highest BCUT2D eigenvalue weighted by molar-refractivity contribution is 6.24. The highest BCUT2D eigenvalue weighted by Gasteiger charge is 2.24. The van der Waals surface area contributed by atoms with Crippen molar-refractivity contribution in [1.29, 1.82) is 0 Å². The Hall–Kier alpha value is -3.06. The van der Waals surface area contributed by atoms with Gasteiger partial charge < -0.3 is 15.0 Å². The second kappa shape index (κ2) is 9.75. The van der Waals surface area contributed by atoms with Crippen molar-refractivity contribution in [2.45, 2.75) is 13.5 Å². The maximum atomic E-state index is 14.0. The second-order valence-electron chi connectivity index (χ2n) is 6.31. The first-order valence-corrected chi connectivity index (χ1v) is 8.69. The quantitative estimate of drug-likeness (QED) is 0.245. The van der Waals surface area contributed by atoms with Gasteiger partial charge in [0.2, 0.25) is 5.78 Å². The molecule has 2 aromatic carbocycles. The minimum absolute atomic E-state index is 0.0502. The van der Waals surface area contributed by atoms with Gasteiger partial charge in [0, 0.05) is 24.5 Å². The summed E-state index contributed by atoms with van der Waals surface area (Å²) in [5.41, 5.74) is 0.930. The van der Waals surface area contributed by atoms with E-state index in [0.717, 1.165) is 24.2 Å². The normalized spacial score (nSPS) is 11.4. The summed E-state index contributed by atoms with van der Waals surface area (Å²) in [6.07, 6.45) is 1.17. The summed E-state index contributed by atoms with van der Waals surface area (Å²) in [7, 11) is 3.92. The molecule has 2 aromatic rings. The molecule has 148 valence electrons. The van der Waals surface area contributed by atoms with Gasteiger partial charge in [-0.25, -0.2) is 13.6 Å². The van der Waals surface area contributed by atoms with Gasteiger partial charge in [0.25, 0.3) is 0 Å². The van der Waals surface area contributed by atoms with Crippen molar-refractivity contribution in [1.82, 2.24) is 4.90 Å². The van der Waals surface area contributed by atoms with E-state index in [4.69, 9.17) is 4.74 Å². The molecule has 0 bridgehead atoms. The van der Waals surface area contributed by atoms with E-state index < -0.39 is 29.0 Å². The Kier molecular flexibility index (Phi) is 7.40. The molecule has 0 aliphatic heterocycles. The molecule has 28 heavy (non-hydrogen) atoms. The number of nitrogens with one attached hydrogen (secondary N) is 1. The van der Waals surface area contributed by atoms with Gasteiger partial charge in [-0.1, -0.05) is 12.1 Å². The zero-order valence-electron chi connectivity index (χ0n) is 16.0. The van der Waals surface area contributed by atoms with Crippen molar-refractivity contribution >= 4 is 17.4 Å². The summed E-state index contributed by atoms with van der Waals surface area (Å²) >= 11 is 0. The van der Waals surface area contributed by atoms with Gasteiger partial charge in [0.1, 0.15) is 17.2 Å². The molecule has 0 unspecified atom stereocenters. The maximum absolute atomic E-state index is 14.0. The number of ketones is 1. The Morgan fingerprint density at radius 2 is 1.79 bits per heavy atom. The van der Waals surface area contributed by atoms with Gasteiger partial charge in [0.05, 0.1) is 12.2 Å². The van der Waals surface area contributed by atoms with E-state index in [-0.39, 0.29) is 12.2 Å². The van der Waals surface area contributed by atoms with Crippen LogP contribution >= 0.6 is 0 Å². The van der Waals surface area contributed by atoms with Gasteiger partial charge in [0.15, 0.2) is 0 Å². The molecule has 0 fully saturated rings. The number of rotatable bonds is 8. The molecule has 0 spiro atoms. The number of halogens is 2. The predicted octanol–water partition coefficient (Wildman–Crippen LogP) is 3.77. The van der Waals surface area contributed by atoms with E-state index in [2.05, 4.69) is 5.32 Å². The topological polar surface area (TPSA) is 58.6 Å². The van der Waals surface area contributed by atoms with Gasteiger partial charge in [-0.05, 0) is 50.8 Å². The fraction of sp³-hybridized carbons (Fsp3) is 0.238. The molecule has 1 N–H and O–H groups in total. The van der Waals surface area contributed by atoms with Crippen LogP contribution in [0.15, 0.2) is 54.2 Å². The Bertz CT molecular complexity index is 878. The average molecular weight is 388 g/mol. The van der Waals surface area contributed by atoms with E-state index in [1.54, 1.807) is 19.1 Å². The molecule has 0 heterocycles. The lowest BCUT2D eigenvalue weighted by Crippen LogP contribution is -2.18. The second-order valence-corrected chi connectivity index (χ2v) is 6.31. The van der Waals surface area contributed by atoms with Crippen LogP contribution < -0.4 is 5.32 Å². The molecule has 0 aliphatic rings. The third kappa shape index (κ3) is 5.72. The monoisotopic (exact) mass is 388 g/mol. The Balaban J connectivity index is 2.27. The summed E-state index contributed by atoms with van der Waals surface area (Å²) in [4.78, 5) is 26.8. The zero-order valence-corrected chi connectivity index (χ0v) is 16.0. The SMILES string of the molecule is CCOC(=O)C(=CNc1ccc(CN(C)C)cc1)C(=O)c1ccc(F)cc1F. The lowest BCUT2D eigenvalue weighted by atomic mass is 10.0. The van der Waals surface area contributed by atoms with Crippen LogP contribution in [0.2, 0.25) is 0 Å². The first-order valence-electron chi connectivity index (χ1n) is 8.69. The molecular weight excluding hydrogens is 366 g/mol. The first-order chi connectivity index (χ1) is 13.3. The largest absolute Gasteiger partial charge is 0.462 e. The number of ether oxygens (including phenoxy) is 1. The van der Waals surface area contributed by atoms with Crippen molar-refractivity contribution in [3.8, 4) is 0 Å². The molecule has 0 amide bonds. The molecule has 2 rings (SSSR count). The van der Waals surface area contributed by atoms with Crippen molar-refractivity contribution in [3.05, 3.63) is 77.0 Å². The summed E-state index contributed by atoms with van der Waals surface area (Å²) in [5, 5.41) is 2.85. The number of hydrogen-bond donors (Lipinski definition) is 1. The Morgan fingerprint density at radius 3 is 2.36 bits per heavy atom. The molecular formula is C21H22F2N2O3. The van der Waals surface area contributed by atoms with Gasteiger partial charge >= 0.3 is 5.97 Å². The average Bonchev–Trinajstić information content (AvgIpc) is 2.63. The smallest absolute Gasteiger partial charge is 0.343 e. The van der Waals surface area contributed by atoms with E-state index in [9.17, 15) is 18.4 Å². The Morgan fingerprint density at radius 1 is 1.11 bits per heavy atom. The number of nitrogens with zero attached hydrogens (tertiary/aromatic N) is 1. The number of hydrogen-bond acceptors (Lipinski definition) is 5. The fourth-order valence-electron chi connectivity index (χ4n) is 2.47. The van der Waals surface area contributed by atoms with E-state index in [1.165, 1.54) is 6.20 Å². The first kappa shape index (κ1) is 21.2. The minimum Gasteiger partial charge on any atom is -0.462 e. The van der Waals surface area contributed by atoms with Gasteiger partial charge in [-0.15, -0.1) is 0 Å². The summed E-state index contributed by atoms with van der Waals surface area (Å²) in [6, 6.07) is 9.93. The van der Waals surface area contributed by atoms with Gasteiger partial charge in [-0.2, -0.15) is 0 Å². The Labute approximate surface area is 162 Å². The molecule has 0 aliphatic carbocycles. The van der Waals surface area contributed by atoms with Gasteiger partial charge in [-0.3, -0.25) is 4.79 Å². The van der Waals surface area contributed by atoms with Crippen LogP contribution in [0.3, 0.4) is 0 Å². The lowest BCUT2D eigenvalue weighted by Gasteiger charge is -2.11. The van der Waals surface area contributed by atoms with Crippen LogP contribution in [0, 0.1) is 11.6 Å². The number of carbonyl (C=O) groups excluding carboxylic acids is 2. The highest BCUT2D eigenvalue weighted by Crippen LogP contribution is 2.17. The third-order valence-corrected chi connectivity index (χ3v) is 3.75. The number of Topliss-reactive ketones (excluding diaryl/α,β-unsaturated/α-hetero) is 1. The molecule has 7 heteroatoms. The van der Waals surface area contributed by atoms with Crippen molar-refractivity contribution < 1.29 is 23.1 Å². The number of esters is 1. The molecule has 0 radical (unpaired) electrons. The van der Waals surface area contributed by atoms with Crippen LogP contribution in [0.25, 0.3) is 0 Å². The van der Waals surface area contributed by atoms with Crippen LogP contribution in [0.5, 0.6) is 0 Å². The van der Waals surface area contributed by atoms with Crippen molar-refractivity contribution in [2.75, 3.05) is 26.0 Å². The molecule has 0 saturated heterocycles. The number of carbonyl (C=O) groups is 2. The molecule has 0 aromatic heterocycles. The summed E-state index contributed by atoms with van der Waals surface area (Å²) in [5.74, 6) is -3.65. The lowest BCUT2D eigenvalue weighted by molar-refractivity contribution is -0.138. The van der Waals surface area contributed by atoms with E-state index in [0.29, 0.717) is 11.8 Å². The molecule has 0 saturated carbocycles. The van der Waals surface area contributed by atoms with Crippen LogP contribution in [-0.4, -0.2) is 37.4 Å². The van der Waals surface area contributed by atoms with Crippen LogP contribution in [-0.2, 0) is 16.1 Å². The minimum atomic E-state index is -1.05. The van der Waals surface area contributed by atoms with E-state index >= 15 is 0 Å². The highest BCUT2D eigenvalue weighted by atomic mass is 19.1. The number of benzene rings is 2. The fourth-order valence-corrected chi connectivity index (χ4v) is 2.47. The van der Waals surface area contributed by atoms with Crippen LogP contribution in [0.1, 0.15) is 22.8 Å². The van der Waals surface area contributed by atoms with Crippen molar-refractivity contribution in [2.24, 2.45) is 0 Å². The maximum Gasteiger partial charge on any atom is 0.343 e. The molecule has 5 nitrogen and oxygen atoms in total. The number of anilines is 1.